The molecule has 96 valence electrons. The normalized spacial score (nSPS) is 43.3. The molecule has 2 heterocycles. The zero-order valence-corrected chi connectivity index (χ0v) is 10.9. The molecule has 0 radical (unpaired) electrons. The van der Waals surface area contributed by atoms with Crippen molar-refractivity contribution in [3.05, 3.63) is 0 Å². The smallest absolute Gasteiger partial charge is 0.410 e. The highest BCUT2D eigenvalue weighted by molar-refractivity contribution is 5.70. The van der Waals surface area contributed by atoms with Crippen LogP contribution in [0.5, 0.6) is 0 Å². The van der Waals surface area contributed by atoms with Gasteiger partial charge in [-0.1, -0.05) is 0 Å². The molecule has 0 spiro atoms. The lowest BCUT2D eigenvalue weighted by Crippen LogP contribution is -2.52. The Morgan fingerprint density at radius 2 is 2.06 bits per heavy atom. The molecular formula is C13H22N2O2. The van der Waals surface area contributed by atoms with Gasteiger partial charge in [0.2, 0.25) is 0 Å². The number of rotatable bonds is 0. The van der Waals surface area contributed by atoms with Crippen molar-refractivity contribution in [1.29, 1.82) is 0 Å². The number of fused-ring (bicyclic) bond motifs is 4. The van der Waals surface area contributed by atoms with E-state index in [0.717, 1.165) is 25.7 Å². The summed E-state index contributed by atoms with van der Waals surface area (Å²) < 4.78 is 5.50. The largest absolute Gasteiger partial charge is 0.444 e. The number of hydrogen-bond donors (Lipinski definition) is 1. The number of carbonyl (C=O) groups excluding carboxylic acids is 1. The number of hydrogen-bond acceptors (Lipinski definition) is 3. The van der Waals surface area contributed by atoms with Gasteiger partial charge in [0.15, 0.2) is 0 Å². The number of piperidine rings is 1. The van der Waals surface area contributed by atoms with Gasteiger partial charge < -0.3 is 15.4 Å². The van der Waals surface area contributed by atoms with Gasteiger partial charge in [0.1, 0.15) is 5.60 Å². The fourth-order valence-electron chi connectivity index (χ4n) is 3.65. The molecule has 3 aliphatic rings. The van der Waals surface area contributed by atoms with E-state index >= 15 is 0 Å². The number of nitrogens with zero attached hydrogens (tertiary/aromatic N) is 1. The van der Waals surface area contributed by atoms with Crippen molar-refractivity contribution in [3.8, 4) is 0 Å². The fourth-order valence-corrected chi connectivity index (χ4v) is 3.65. The molecule has 4 nitrogen and oxygen atoms in total. The van der Waals surface area contributed by atoms with Gasteiger partial charge in [-0.05, 0) is 52.4 Å². The van der Waals surface area contributed by atoms with Crippen LogP contribution in [0.1, 0.15) is 46.5 Å². The Bertz CT molecular complexity index is 363. The molecule has 2 saturated heterocycles. The molecule has 1 amide bonds. The first kappa shape index (κ1) is 11.3. The van der Waals surface area contributed by atoms with E-state index in [4.69, 9.17) is 10.5 Å². The highest BCUT2D eigenvalue weighted by Gasteiger charge is 2.64. The molecule has 2 aliphatic heterocycles. The van der Waals surface area contributed by atoms with Crippen molar-refractivity contribution < 1.29 is 9.53 Å². The molecule has 1 saturated carbocycles. The van der Waals surface area contributed by atoms with Gasteiger partial charge in [-0.3, -0.25) is 0 Å². The monoisotopic (exact) mass is 238 g/mol. The summed E-state index contributed by atoms with van der Waals surface area (Å²) in [5.74, 6) is 0.522. The van der Waals surface area contributed by atoms with Crippen LogP contribution in [0, 0.1) is 5.92 Å². The van der Waals surface area contributed by atoms with Gasteiger partial charge in [0.05, 0.1) is 0 Å². The lowest BCUT2D eigenvalue weighted by molar-refractivity contribution is 0.00514. The summed E-state index contributed by atoms with van der Waals surface area (Å²) in [5, 5.41) is 0. The van der Waals surface area contributed by atoms with E-state index in [0.29, 0.717) is 18.0 Å². The Kier molecular flexibility index (Phi) is 2.11. The van der Waals surface area contributed by atoms with E-state index in [-0.39, 0.29) is 11.6 Å². The number of nitrogens with two attached hydrogens (primary N) is 1. The summed E-state index contributed by atoms with van der Waals surface area (Å²) in [6.07, 6.45) is 4.12. The van der Waals surface area contributed by atoms with E-state index in [1.54, 1.807) is 0 Å². The average Bonchev–Trinajstić information content (AvgIpc) is 2.66. The van der Waals surface area contributed by atoms with Crippen molar-refractivity contribution >= 4 is 6.09 Å². The predicted octanol–water partition coefficient (Wildman–Crippen LogP) is 1.88. The summed E-state index contributed by atoms with van der Waals surface area (Å²) >= 11 is 0. The number of carbonyl (C=O) groups is 1. The molecule has 1 aliphatic carbocycles. The first-order chi connectivity index (χ1) is 7.80. The second kappa shape index (κ2) is 3.16. The standard InChI is InChI=1S/C13H22N2O2/c1-12(2,3)17-11(16)15-8-4-5-10(15)9-7-13(9,14)6-8/h8-10H,4-7,14H2,1-3H3/t8-,9+,10+,13-/m1/s1. The van der Waals surface area contributed by atoms with E-state index in [1.807, 2.05) is 25.7 Å². The van der Waals surface area contributed by atoms with Crippen LogP contribution in [0.4, 0.5) is 4.79 Å². The first-order valence-corrected chi connectivity index (χ1v) is 6.60. The van der Waals surface area contributed by atoms with E-state index in [9.17, 15) is 4.79 Å². The van der Waals surface area contributed by atoms with Gasteiger partial charge in [0.25, 0.3) is 0 Å². The van der Waals surface area contributed by atoms with Crippen LogP contribution >= 0.6 is 0 Å². The third kappa shape index (κ3) is 1.73. The Labute approximate surface area is 102 Å². The Balaban J connectivity index is 1.75. The molecule has 3 rings (SSSR count). The highest BCUT2D eigenvalue weighted by Crippen LogP contribution is 2.57. The predicted molar refractivity (Wildman–Crippen MR) is 64.5 cm³/mol. The second-order valence-electron chi connectivity index (χ2n) is 6.93. The second-order valence-corrected chi connectivity index (χ2v) is 6.93. The van der Waals surface area contributed by atoms with E-state index in [1.165, 1.54) is 0 Å². The average molecular weight is 238 g/mol. The van der Waals surface area contributed by atoms with Gasteiger partial charge in [-0.25, -0.2) is 4.79 Å². The van der Waals surface area contributed by atoms with Crippen molar-refractivity contribution in [2.75, 3.05) is 0 Å². The van der Waals surface area contributed by atoms with Crippen LogP contribution in [0.2, 0.25) is 0 Å². The summed E-state index contributed by atoms with van der Waals surface area (Å²) in [7, 11) is 0. The molecule has 17 heavy (non-hydrogen) atoms. The SMILES string of the molecule is CC(C)(C)OC(=O)N1[C@@H]2CC[C@H]1[C@@H]1C[C@]1(N)C2. The number of ether oxygens (including phenoxy) is 1. The maximum atomic E-state index is 12.2. The summed E-state index contributed by atoms with van der Waals surface area (Å²) in [6, 6.07) is 0.659. The maximum Gasteiger partial charge on any atom is 0.410 e. The van der Waals surface area contributed by atoms with Crippen molar-refractivity contribution in [1.82, 2.24) is 4.90 Å². The zero-order chi connectivity index (χ0) is 12.4. The zero-order valence-electron chi connectivity index (χ0n) is 10.9. The lowest BCUT2D eigenvalue weighted by Gasteiger charge is -2.38. The maximum absolute atomic E-state index is 12.2. The minimum atomic E-state index is -0.405. The molecule has 0 aromatic heterocycles. The van der Waals surface area contributed by atoms with Gasteiger partial charge in [-0.2, -0.15) is 0 Å². The number of amides is 1. The molecule has 0 unspecified atom stereocenters. The Morgan fingerprint density at radius 1 is 1.35 bits per heavy atom. The molecule has 2 bridgehead atoms. The van der Waals surface area contributed by atoms with Crippen LogP contribution in [0.25, 0.3) is 0 Å². The molecule has 4 atom stereocenters. The topological polar surface area (TPSA) is 55.6 Å². The summed E-state index contributed by atoms with van der Waals surface area (Å²) in [5.41, 5.74) is 5.92. The molecule has 0 aromatic carbocycles. The van der Waals surface area contributed by atoms with Crippen LogP contribution < -0.4 is 5.73 Å². The molecule has 4 heteroatoms. The highest BCUT2D eigenvalue weighted by atomic mass is 16.6. The van der Waals surface area contributed by atoms with Crippen LogP contribution in [-0.2, 0) is 4.74 Å². The molecular weight excluding hydrogens is 216 g/mol. The van der Waals surface area contributed by atoms with Gasteiger partial charge in [0, 0.05) is 17.6 Å². The van der Waals surface area contributed by atoms with Crippen molar-refractivity contribution in [2.45, 2.75) is 69.7 Å². The lowest BCUT2D eigenvalue weighted by atomic mass is 9.98. The quantitative estimate of drug-likeness (QED) is 0.701. The minimum Gasteiger partial charge on any atom is -0.444 e. The van der Waals surface area contributed by atoms with Crippen molar-refractivity contribution in [3.63, 3.8) is 0 Å². The van der Waals surface area contributed by atoms with E-state index < -0.39 is 5.60 Å². The fraction of sp³-hybridized carbons (Fsp3) is 0.923. The van der Waals surface area contributed by atoms with Crippen molar-refractivity contribution in [2.24, 2.45) is 11.7 Å². The van der Waals surface area contributed by atoms with Crippen LogP contribution in [-0.4, -0.2) is 34.2 Å². The third-order valence-electron chi connectivity index (χ3n) is 4.41. The molecule has 0 aromatic rings. The van der Waals surface area contributed by atoms with Gasteiger partial charge in [-0.15, -0.1) is 0 Å². The molecule has 2 N–H and O–H groups in total. The van der Waals surface area contributed by atoms with Crippen LogP contribution in [0.15, 0.2) is 0 Å². The Hall–Kier alpha value is -0.770. The minimum absolute atomic E-state index is 0.0460. The molecule has 3 fully saturated rings. The summed E-state index contributed by atoms with van der Waals surface area (Å²) in [4.78, 5) is 14.2. The Morgan fingerprint density at radius 3 is 2.71 bits per heavy atom. The van der Waals surface area contributed by atoms with Crippen LogP contribution in [0.3, 0.4) is 0 Å². The van der Waals surface area contributed by atoms with Gasteiger partial charge >= 0.3 is 6.09 Å². The summed E-state index contributed by atoms with van der Waals surface area (Å²) in [6.45, 7) is 5.75. The first-order valence-electron chi connectivity index (χ1n) is 6.60. The third-order valence-corrected chi connectivity index (χ3v) is 4.41. The van der Waals surface area contributed by atoms with E-state index in [2.05, 4.69) is 0 Å².